The molecule has 2 rings (SSSR count). The molecule has 0 heterocycles. The van der Waals surface area contributed by atoms with Crippen LogP contribution in [0.2, 0.25) is 10.0 Å². The van der Waals surface area contributed by atoms with Crippen LogP contribution in [0.15, 0.2) is 48.5 Å². The van der Waals surface area contributed by atoms with Crippen molar-refractivity contribution in [3.63, 3.8) is 0 Å². The molecule has 0 saturated heterocycles. The summed E-state index contributed by atoms with van der Waals surface area (Å²) in [6.45, 7) is 0. The van der Waals surface area contributed by atoms with Crippen molar-refractivity contribution >= 4 is 85.3 Å². The first kappa shape index (κ1) is 26.2. The van der Waals surface area contributed by atoms with E-state index in [1.165, 1.54) is 6.07 Å². The molecule has 27 heavy (non-hydrogen) atoms. The summed E-state index contributed by atoms with van der Waals surface area (Å²) in [4.78, 5) is 30.9. The second-order valence-electron chi connectivity index (χ2n) is 4.71. The molecule has 0 saturated carbocycles. The van der Waals surface area contributed by atoms with Crippen LogP contribution in [0.3, 0.4) is 0 Å². The highest BCUT2D eigenvalue weighted by Crippen LogP contribution is 2.12. The molecule has 0 aliphatic rings. The summed E-state index contributed by atoms with van der Waals surface area (Å²) < 4.78 is 0. The molecule has 0 aliphatic heterocycles. The van der Waals surface area contributed by atoms with Gasteiger partial charge in [0.1, 0.15) is 0 Å². The largest absolute Gasteiger partial charge is 0.281 e. The van der Waals surface area contributed by atoms with Crippen LogP contribution in [0, 0.1) is 0 Å². The maximum absolute atomic E-state index is 10.5. The molecule has 0 aromatic heterocycles. The molecule has 0 bridgehead atoms. The van der Waals surface area contributed by atoms with Gasteiger partial charge in [0.25, 0.3) is 10.5 Å². The third-order valence-electron chi connectivity index (χ3n) is 2.63. The molecule has 0 radical (unpaired) electrons. The van der Waals surface area contributed by atoms with E-state index in [9.17, 15) is 14.4 Å². The molecule has 9 heteroatoms. The Kier molecular flexibility index (Phi) is 14.7. The molecule has 3 nitrogen and oxygen atoms in total. The van der Waals surface area contributed by atoms with Gasteiger partial charge in [-0.05, 0) is 83.7 Å². The van der Waals surface area contributed by atoms with Crippen LogP contribution in [0.5, 0.6) is 0 Å². The zero-order valence-corrected chi connectivity index (χ0v) is 18.3. The van der Waals surface area contributed by atoms with E-state index in [0.717, 1.165) is 0 Å². The SMILES string of the molecule is O=C(Cl)CCCCl.O=C(Cl)c1ccc(Cl)cc1.O=C(Cl)c1cccc(Cl)c1. The smallest absolute Gasteiger partial charge is 0.252 e. The zero-order valence-electron chi connectivity index (χ0n) is 13.7. The number of benzene rings is 2. The van der Waals surface area contributed by atoms with E-state index in [1.807, 2.05) is 0 Å². The number of alkyl halides is 1. The number of halogens is 6. The van der Waals surface area contributed by atoms with Crippen molar-refractivity contribution < 1.29 is 14.4 Å². The van der Waals surface area contributed by atoms with Crippen molar-refractivity contribution in [3.8, 4) is 0 Å². The van der Waals surface area contributed by atoms with Crippen LogP contribution < -0.4 is 0 Å². The molecule has 0 amide bonds. The third-order valence-corrected chi connectivity index (χ3v) is 4.01. The van der Waals surface area contributed by atoms with Crippen LogP contribution in [-0.2, 0) is 4.79 Å². The molecule has 0 spiro atoms. The lowest BCUT2D eigenvalue weighted by atomic mass is 10.2. The number of carbonyl (C=O) groups excluding carboxylic acids is 3. The molecular weight excluding hydrogens is 477 g/mol. The lowest BCUT2D eigenvalue weighted by Crippen LogP contribution is -1.86. The van der Waals surface area contributed by atoms with Crippen LogP contribution in [0.1, 0.15) is 33.6 Å². The van der Waals surface area contributed by atoms with Crippen LogP contribution in [-0.4, -0.2) is 21.6 Å². The van der Waals surface area contributed by atoms with Gasteiger partial charge in [0.05, 0.1) is 0 Å². The fourth-order valence-electron chi connectivity index (χ4n) is 1.40. The van der Waals surface area contributed by atoms with Gasteiger partial charge in [0.2, 0.25) is 5.24 Å². The molecule has 0 N–H and O–H groups in total. The van der Waals surface area contributed by atoms with Gasteiger partial charge in [0.15, 0.2) is 0 Å². The Morgan fingerprint density at radius 1 is 0.741 bits per heavy atom. The normalized spacial score (nSPS) is 9.26. The lowest BCUT2D eigenvalue weighted by molar-refractivity contribution is -0.111. The first-order valence-electron chi connectivity index (χ1n) is 7.32. The van der Waals surface area contributed by atoms with Gasteiger partial charge in [-0.15, -0.1) is 11.6 Å². The Balaban J connectivity index is 0.000000384. The fraction of sp³-hybridized carbons (Fsp3) is 0.167. The van der Waals surface area contributed by atoms with E-state index >= 15 is 0 Å². The lowest BCUT2D eigenvalue weighted by Gasteiger charge is -1.91. The summed E-state index contributed by atoms with van der Waals surface area (Å²) in [5.41, 5.74) is 0.889. The quantitative estimate of drug-likeness (QED) is 0.328. The van der Waals surface area contributed by atoms with Crippen molar-refractivity contribution in [2.24, 2.45) is 0 Å². The van der Waals surface area contributed by atoms with E-state index in [4.69, 9.17) is 69.6 Å². The topological polar surface area (TPSA) is 51.2 Å². The zero-order chi connectivity index (χ0) is 20.8. The second kappa shape index (κ2) is 15.2. The number of rotatable bonds is 5. The van der Waals surface area contributed by atoms with Crippen LogP contribution in [0.25, 0.3) is 0 Å². The van der Waals surface area contributed by atoms with Gasteiger partial charge in [-0.2, -0.15) is 0 Å². The summed E-state index contributed by atoms with van der Waals surface area (Å²) in [6.07, 6.45) is 1.08. The Morgan fingerprint density at radius 2 is 1.30 bits per heavy atom. The molecule has 2 aromatic carbocycles. The van der Waals surface area contributed by atoms with E-state index in [-0.39, 0.29) is 5.24 Å². The average molecular weight is 491 g/mol. The number of hydrogen-bond acceptors (Lipinski definition) is 3. The van der Waals surface area contributed by atoms with E-state index < -0.39 is 10.5 Å². The number of carbonyl (C=O) groups is 3. The summed E-state index contributed by atoms with van der Waals surface area (Å²) in [6, 6.07) is 12.9. The molecule has 0 fully saturated rings. The van der Waals surface area contributed by atoms with E-state index in [2.05, 4.69) is 0 Å². The number of hydrogen-bond donors (Lipinski definition) is 0. The summed E-state index contributed by atoms with van der Waals surface area (Å²) in [7, 11) is 0. The average Bonchev–Trinajstić information content (AvgIpc) is 2.61. The monoisotopic (exact) mass is 488 g/mol. The van der Waals surface area contributed by atoms with Gasteiger partial charge in [-0.1, -0.05) is 29.3 Å². The highest BCUT2D eigenvalue weighted by Gasteiger charge is 2.00. The van der Waals surface area contributed by atoms with E-state index in [1.54, 1.807) is 42.5 Å². The first-order valence-corrected chi connectivity index (χ1v) is 9.75. The first-order chi connectivity index (χ1) is 12.7. The van der Waals surface area contributed by atoms with Gasteiger partial charge in [0, 0.05) is 33.5 Å². The van der Waals surface area contributed by atoms with Gasteiger partial charge in [-0.25, -0.2) is 0 Å². The summed E-state index contributed by atoms with van der Waals surface area (Å²) in [5.74, 6) is 0.512. The van der Waals surface area contributed by atoms with Crippen molar-refractivity contribution in [1.82, 2.24) is 0 Å². The van der Waals surface area contributed by atoms with Crippen molar-refractivity contribution in [2.45, 2.75) is 12.8 Å². The third kappa shape index (κ3) is 13.9. The molecule has 0 unspecified atom stereocenters. The maximum atomic E-state index is 10.5. The van der Waals surface area contributed by atoms with Crippen molar-refractivity contribution in [2.75, 3.05) is 5.88 Å². The van der Waals surface area contributed by atoms with Gasteiger partial charge >= 0.3 is 0 Å². The molecule has 2 aromatic rings. The summed E-state index contributed by atoms with van der Waals surface area (Å²) in [5, 5.41) is -0.131. The van der Waals surface area contributed by atoms with Crippen molar-refractivity contribution in [1.29, 1.82) is 0 Å². The summed E-state index contributed by atoms with van der Waals surface area (Å²) >= 11 is 31.7. The van der Waals surface area contributed by atoms with Crippen LogP contribution in [0.4, 0.5) is 0 Å². The highest BCUT2D eigenvalue weighted by atomic mass is 35.5. The predicted octanol–water partition coefficient (Wildman–Crippen LogP) is 7.21. The Morgan fingerprint density at radius 3 is 1.63 bits per heavy atom. The standard InChI is InChI=1S/2C7H4Cl2O.C4H6Cl2O/c8-6-3-1-5(2-4-6)7(9)10;8-6-3-1-2-5(4-6)7(9)10;5-3-1-2-4(6)7/h2*1-4H;1-3H2. The fourth-order valence-corrected chi connectivity index (χ4v) is 2.22. The Labute approximate surface area is 187 Å². The minimum atomic E-state index is -0.484. The minimum absolute atomic E-state index is 0.305. The van der Waals surface area contributed by atoms with E-state index in [0.29, 0.717) is 39.9 Å². The van der Waals surface area contributed by atoms with Gasteiger partial charge < -0.3 is 0 Å². The Bertz CT molecular complexity index is 747. The molecular formula is C18H14Cl6O3. The molecule has 0 atom stereocenters. The Hall–Kier alpha value is -0.810. The predicted molar refractivity (Wildman–Crippen MR) is 114 cm³/mol. The molecule has 146 valence electrons. The second-order valence-corrected chi connectivity index (χ2v) is 7.07. The minimum Gasteiger partial charge on any atom is -0.281 e. The highest BCUT2D eigenvalue weighted by molar-refractivity contribution is 6.68. The van der Waals surface area contributed by atoms with Crippen molar-refractivity contribution in [3.05, 3.63) is 69.7 Å². The van der Waals surface area contributed by atoms with Gasteiger partial charge in [-0.3, -0.25) is 14.4 Å². The van der Waals surface area contributed by atoms with Crippen LogP contribution >= 0.6 is 69.6 Å². The molecule has 0 aliphatic carbocycles. The maximum Gasteiger partial charge on any atom is 0.252 e.